The molecule has 0 aliphatic heterocycles. The van der Waals surface area contributed by atoms with Gasteiger partial charge >= 0.3 is 17.9 Å². The lowest BCUT2D eigenvalue weighted by Crippen LogP contribution is -2.30. The Kier molecular flexibility index (Phi) is 52.9. The van der Waals surface area contributed by atoms with Gasteiger partial charge in [0.2, 0.25) is 0 Å². The predicted molar refractivity (Wildman–Crippen MR) is 298 cm³/mol. The van der Waals surface area contributed by atoms with Crippen molar-refractivity contribution < 1.29 is 28.6 Å². The molecular formula is C63H122O6. The van der Waals surface area contributed by atoms with Crippen LogP contribution in [0, 0.1) is 17.8 Å². The van der Waals surface area contributed by atoms with Crippen molar-refractivity contribution in [2.45, 2.75) is 356 Å². The van der Waals surface area contributed by atoms with Gasteiger partial charge in [0.1, 0.15) is 13.2 Å². The average Bonchev–Trinajstić information content (AvgIpc) is 3.32. The molecule has 1 unspecified atom stereocenters. The van der Waals surface area contributed by atoms with Crippen molar-refractivity contribution in [3.05, 3.63) is 0 Å². The molecule has 0 bridgehead atoms. The van der Waals surface area contributed by atoms with Gasteiger partial charge in [-0.2, -0.15) is 0 Å². The fourth-order valence-electron chi connectivity index (χ4n) is 9.67. The van der Waals surface area contributed by atoms with Gasteiger partial charge in [-0.05, 0) is 37.0 Å². The van der Waals surface area contributed by atoms with E-state index in [9.17, 15) is 14.4 Å². The van der Waals surface area contributed by atoms with Crippen LogP contribution in [-0.4, -0.2) is 37.2 Å². The van der Waals surface area contributed by atoms with Gasteiger partial charge in [0.15, 0.2) is 6.10 Å². The molecule has 6 nitrogen and oxygen atoms in total. The van der Waals surface area contributed by atoms with Gasteiger partial charge in [-0.1, -0.05) is 311 Å². The smallest absolute Gasteiger partial charge is 0.306 e. The Balaban J connectivity index is 4.22. The summed E-state index contributed by atoms with van der Waals surface area (Å²) in [5.74, 6) is 1.71. The van der Waals surface area contributed by atoms with Crippen LogP contribution in [0.4, 0.5) is 0 Å². The zero-order chi connectivity index (χ0) is 50.5. The summed E-state index contributed by atoms with van der Waals surface area (Å²) in [6.07, 6.45) is 58.2. The quantitative estimate of drug-likeness (QED) is 0.0343. The third-order valence-corrected chi connectivity index (χ3v) is 14.8. The van der Waals surface area contributed by atoms with Crippen molar-refractivity contribution in [1.29, 1.82) is 0 Å². The lowest BCUT2D eigenvalue weighted by molar-refractivity contribution is -0.167. The maximum absolute atomic E-state index is 12.9. The van der Waals surface area contributed by atoms with E-state index in [1.165, 1.54) is 231 Å². The van der Waals surface area contributed by atoms with Crippen molar-refractivity contribution in [3.63, 3.8) is 0 Å². The molecule has 0 aliphatic rings. The number of carbonyl (C=O) groups excluding carboxylic acids is 3. The van der Waals surface area contributed by atoms with Crippen molar-refractivity contribution in [3.8, 4) is 0 Å². The fourth-order valence-corrected chi connectivity index (χ4v) is 9.67. The molecule has 0 saturated heterocycles. The first-order chi connectivity index (χ1) is 33.6. The number of rotatable bonds is 56. The Morgan fingerprint density at radius 3 is 0.754 bits per heavy atom. The SMILES string of the molecule is CCC(C)CCCCCCCCCCCCCCCCCCCCC(=O)OC[C@H](COC(=O)CCCCCCCCCCC(C)C)OC(=O)CCCCCCCCCCCCCCCCCC(C)C. The van der Waals surface area contributed by atoms with Crippen LogP contribution in [-0.2, 0) is 28.6 Å². The molecule has 0 heterocycles. The highest BCUT2D eigenvalue weighted by molar-refractivity contribution is 5.71. The molecule has 0 aromatic carbocycles. The van der Waals surface area contributed by atoms with Crippen molar-refractivity contribution in [1.82, 2.24) is 0 Å². The highest BCUT2D eigenvalue weighted by Gasteiger charge is 2.19. The zero-order valence-electron chi connectivity index (χ0n) is 47.6. The third kappa shape index (κ3) is 55.6. The van der Waals surface area contributed by atoms with Crippen molar-refractivity contribution in [2.75, 3.05) is 13.2 Å². The lowest BCUT2D eigenvalue weighted by Gasteiger charge is -2.18. The lowest BCUT2D eigenvalue weighted by atomic mass is 9.99. The topological polar surface area (TPSA) is 78.9 Å². The summed E-state index contributed by atoms with van der Waals surface area (Å²) in [6.45, 7) is 13.8. The van der Waals surface area contributed by atoms with Crippen LogP contribution in [0.25, 0.3) is 0 Å². The van der Waals surface area contributed by atoms with E-state index < -0.39 is 6.10 Å². The number of hydrogen-bond donors (Lipinski definition) is 0. The third-order valence-electron chi connectivity index (χ3n) is 14.8. The minimum absolute atomic E-state index is 0.0633. The minimum atomic E-state index is -0.764. The summed E-state index contributed by atoms with van der Waals surface area (Å²) < 4.78 is 16.9. The van der Waals surface area contributed by atoms with Crippen LogP contribution in [0.2, 0.25) is 0 Å². The molecule has 410 valence electrons. The van der Waals surface area contributed by atoms with E-state index in [0.717, 1.165) is 75.5 Å². The molecule has 0 aromatic heterocycles. The van der Waals surface area contributed by atoms with Crippen molar-refractivity contribution in [2.24, 2.45) is 17.8 Å². The van der Waals surface area contributed by atoms with Crippen molar-refractivity contribution >= 4 is 17.9 Å². The molecule has 0 rings (SSSR count). The highest BCUT2D eigenvalue weighted by atomic mass is 16.6. The molecule has 0 spiro atoms. The highest BCUT2D eigenvalue weighted by Crippen LogP contribution is 2.19. The van der Waals surface area contributed by atoms with E-state index in [-0.39, 0.29) is 31.1 Å². The predicted octanol–water partition coefficient (Wildman–Crippen LogP) is 20.7. The van der Waals surface area contributed by atoms with Gasteiger partial charge in [-0.25, -0.2) is 0 Å². The van der Waals surface area contributed by atoms with Gasteiger partial charge in [-0.15, -0.1) is 0 Å². The Morgan fingerprint density at radius 2 is 0.507 bits per heavy atom. The first kappa shape index (κ1) is 67.4. The van der Waals surface area contributed by atoms with Gasteiger partial charge in [-0.3, -0.25) is 14.4 Å². The second kappa shape index (κ2) is 54.2. The minimum Gasteiger partial charge on any atom is -0.462 e. The number of unbranched alkanes of at least 4 members (excludes halogenated alkanes) is 38. The summed E-state index contributed by atoms with van der Waals surface area (Å²) in [5, 5.41) is 0. The number of hydrogen-bond acceptors (Lipinski definition) is 6. The summed E-state index contributed by atoms with van der Waals surface area (Å²) in [5.41, 5.74) is 0. The van der Waals surface area contributed by atoms with E-state index >= 15 is 0 Å². The summed E-state index contributed by atoms with van der Waals surface area (Å²) >= 11 is 0. The molecular weight excluding hydrogens is 853 g/mol. The van der Waals surface area contributed by atoms with Gasteiger partial charge in [0, 0.05) is 19.3 Å². The van der Waals surface area contributed by atoms with Gasteiger partial charge in [0.05, 0.1) is 0 Å². The molecule has 69 heavy (non-hydrogen) atoms. The maximum Gasteiger partial charge on any atom is 0.306 e. The van der Waals surface area contributed by atoms with Crippen LogP contribution in [0.5, 0.6) is 0 Å². The Labute approximate surface area is 431 Å². The van der Waals surface area contributed by atoms with E-state index in [1.807, 2.05) is 0 Å². The molecule has 0 N–H and O–H groups in total. The first-order valence-corrected chi connectivity index (χ1v) is 31.1. The van der Waals surface area contributed by atoms with E-state index in [1.54, 1.807) is 0 Å². The van der Waals surface area contributed by atoms with Gasteiger partial charge in [0.25, 0.3) is 0 Å². The summed E-state index contributed by atoms with van der Waals surface area (Å²) in [7, 11) is 0. The average molecular weight is 976 g/mol. The maximum atomic E-state index is 12.9. The van der Waals surface area contributed by atoms with E-state index in [4.69, 9.17) is 14.2 Å². The molecule has 0 aliphatic carbocycles. The second-order valence-corrected chi connectivity index (χ2v) is 22.9. The van der Waals surface area contributed by atoms with E-state index in [2.05, 4.69) is 41.5 Å². The Bertz CT molecular complexity index is 1070. The Morgan fingerprint density at radius 1 is 0.290 bits per heavy atom. The molecule has 0 fully saturated rings. The number of carbonyl (C=O) groups is 3. The molecule has 0 amide bonds. The molecule has 0 aromatic rings. The van der Waals surface area contributed by atoms with Crippen LogP contribution in [0.1, 0.15) is 350 Å². The van der Waals surface area contributed by atoms with Gasteiger partial charge < -0.3 is 14.2 Å². The zero-order valence-corrected chi connectivity index (χ0v) is 47.6. The monoisotopic (exact) mass is 975 g/mol. The van der Waals surface area contributed by atoms with Crippen LogP contribution >= 0.6 is 0 Å². The van der Waals surface area contributed by atoms with Crippen LogP contribution < -0.4 is 0 Å². The standard InChI is InChI=1S/C63H122O6/c1-7-59(6)51-45-39-33-26-22-18-14-10-8-9-11-15-19-23-27-34-40-46-52-61(64)67-55-60(56-68-62(65)53-47-41-35-30-29-32-38-44-50-58(4)5)69-63(66)54-48-42-36-28-24-20-16-12-13-17-21-25-31-37-43-49-57(2)3/h57-60H,7-56H2,1-6H3/t59?,60-/m1/s1. The molecule has 6 heteroatoms. The largest absolute Gasteiger partial charge is 0.462 e. The van der Waals surface area contributed by atoms with Crippen LogP contribution in [0.3, 0.4) is 0 Å². The summed E-state index contributed by atoms with van der Waals surface area (Å²) in [6, 6.07) is 0. The second-order valence-electron chi connectivity index (χ2n) is 22.9. The van der Waals surface area contributed by atoms with Crippen LogP contribution in [0.15, 0.2) is 0 Å². The fraction of sp³-hybridized carbons (Fsp3) is 0.952. The Hall–Kier alpha value is -1.59. The number of esters is 3. The molecule has 0 radical (unpaired) electrons. The van der Waals surface area contributed by atoms with E-state index in [0.29, 0.717) is 19.3 Å². The summed E-state index contributed by atoms with van der Waals surface area (Å²) in [4.78, 5) is 38.2. The molecule has 2 atom stereocenters. The normalized spacial score (nSPS) is 12.5. The molecule has 0 saturated carbocycles. The number of ether oxygens (including phenoxy) is 3. The first-order valence-electron chi connectivity index (χ1n) is 31.1.